The number of hydrogen-bond acceptors (Lipinski definition) is 7. The maximum Gasteiger partial charge on any atom is 0.410 e. The lowest BCUT2D eigenvalue weighted by molar-refractivity contribution is 0.0123. The van der Waals surface area contributed by atoms with Crippen molar-refractivity contribution < 1.29 is 9.53 Å². The Kier molecular flexibility index (Phi) is 5.36. The summed E-state index contributed by atoms with van der Waals surface area (Å²) in [5.74, 6) is 0.945. The van der Waals surface area contributed by atoms with Crippen molar-refractivity contribution in [2.75, 3.05) is 24.2 Å². The largest absolute Gasteiger partial charge is 0.444 e. The molecule has 2 atom stereocenters. The van der Waals surface area contributed by atoms with E-state index >= 15 is 0 Å². The Morgan fingerprint density at radius 3 is 2.29 bits per heavy atom. The Balaban J connectivity index is 1.50. The number of halogens is 1. The molecular weight excluding hydrogens is 480 g/mol. The van der Waals surface area contributed by atoms with E-state index < -0.39 is 5.60 Å². The first kappa shape index (κ1) is 21.3. The fourth-order valence-electron chi connectivity index (χ4n) is 4.92. The number of ether oxygens (including phenoxy) is 1. The Morgan fingerprint density at radius 2 is 1.74 bits per heavy atom. The zero-order valence-electron chi connectivity index (χ0n) is 18.5. The molecule has 10 heteroatoms. The summed E-state index contributed by atoms with van der Waals surface area (Å²) >= 11 is 5.21. The third-order valence-corrected chi connectivity index (χ3v) is 7.58. The molecule has 1 saturated carbocycles. The molecule has 2 unspecified atom stereocenters. The molecule has 5 rings (SSSR count). The number of thioether (sulfide) groups is 1. The number of aromatic nitrogens is 4. The minimum Gasteiger partial charge on any atom is -0.444 e. The first-order valence-electron chi connectivity index (χ1n) is 11.0. The van der Waals surface area contributed by atoms with Crippen LogP contribution in [0.5, 0.6) is 0 Å². The first-order chi connectivity index (χ1) is 14.7. The van der Waals surface area contributed by atoms with Crippen LogP contribution >= 0.6 is 27.7 Å². The van der Waals surface area contributed by atoms with E-state index in [4.69, 9.17) is 14.7 Å². The summed E-state index contributed by atoms with van der Waals surface area (Å²) in [6, 6.07) is 0.723. The van der Waals surface area contributed by atoms with Crippen molar-refractivity contribution in [2.45, 2.75) is 81.8 Å². The van der Waals surface area contributed by atoms with E-state index in [1.54, 1.807) is 0 Å². The molecule has 0 N–H and O–H groups in total. The Labute approximate surface area is 195 Å². The lowest BCUT2D eigenvalue weighted by Crippen LogP contribution is -2.57. The molecule has 0 spiro atoms. The predicted octanol–water partition coefficient (Wildman–Crippen LogP) is 4.62. The minimum atomic E-state index is -0.485. The van der Waals surface area contributed by atoms with E-state index in [2.05, 4.69) is 30.4 Å². The van der Waals surface area contributed by atoms with Crippen LogP contribution < -0.4 is 4.90 Å². The molecule has 4 heterocycles. The highest BCUT2D eigenvalue weighted by Crippen LogP contribution is 2.41. The number of hydrogen-bond donors (Lipinski definition) is 0. The van der Waals surface area contributed by atoms with Crippen LogP contribution in [0.25, 0.3) is 11.2 Å². The predicted molar refractivity (Wildman–Crippen MR) is 125 cm³/mol. The van der Waals surface area contributed by atoms with Crippen LogP contribution in [-0.4, -0.2) is 67.5 Å². The molecule has 0 radical (unpaired) electrons. The number of nitrogens with zero attached hydrogens (tertiary/aromatic N) is 6. The number of amides is 1. The number of rotatable bonds is 3. The van der Waals surface area contributed by atoms with E-state index in [-0.39, 0.29) is 18.2 Å². The lowest BCUT2D eigenvalue weighted by Gasteiger charge is -2.42. The van der Waals surface area contributed by atoms with Crippen molar-refractivity contribution in [3.63, 3.8) is 0 Å². The van der Waals surface area contributed by atoms with Gasteiger partial charge in [0.25, 0.3) is 0 Å². The molecule has 2 bridgehead atoms. The number of imidazole rings is 1. The van der Waals surface area contributed by atoms with Crippen LogP contribution in [0.3, 0.4) is 0 Å². The number of anilines is 1. The van der Waals surface area contributed by atoms with Crippen LogP contribution in [-0.2, 0) is 4.74 Å². The van der Waals surface area contributed by atoms with Gasteiger partial charge in [-0.1, -0.05) is 11.8 Å². The fourth-order valence-corrected chi connectivity index (χ4v) is 5.91. The zero-order valence-corrected chi connectivity index (χ0v) is 20.9. The second kappa shape index (κ2) is 7.79. The van der Waals surface area contributed by atoms with Crippen molar-refractivity contribution in [2.24, 2.45) is 0 Å². The SMILES string of the molecule is CSc1nc(N2CC3CCC(C2)N3C(=O)OC(C)(C)C)c2c(n1)nc(Br)n2C1CCC1. The van der Waals surface area contributed by atoms with E-state index in [1.165, 1.54) is 18.2 Å². The van der Waals surface area contributed by atoms with Crippen LogP contribution in [0.2, 0.25) is 0 Å². The van der Waals surface area contributed by atoms with Crippen LogP contribution in [0.4, 0.5) is 10.6 Å². The van der Waals surface area contributed by atoms with Gasteiger partial charge in [-0.15, -0.1) is 0 Å². The summed E-state index contributed by atoms with van der Waals surface area (Å²) in [5, 5.41) is 0.732. The molecule has 3 fully saturated rings. The van der Waals surface area contributed by atoms with E-state index in [9.17, 15) is 4.79 Å². The highest BCUT2D eigenvalue weighted by molar-refractivity contribution is 9.10. The average molecular weight is 509 g/mol. The Morgan fingerprint density at radius 1 is 1.06 bits per heavy atom. The van der Waals surface area contributed by atoms with Crippen molar-refractivity contribution in [3.8, 4) is 0 Å². The molecule has 2 aromatic heterocycles. The molecule has 31 heavy (non-hydrogen) atoms. The third-order valence-electron chi connectivity index (χ3n) is 6.47. The zero-order chi connectivity index (χ0) is 21.9. The molecule has 2 aromatic rings. The van der Waals surface area contributed by atoms with Gasteiger partial charge in [0.05, 0.1) is 12.1 Å². The fraction of sp³-hybridized carbons (Fsp3) is 0.714. The number of carbonyl (C=O) groups is 1. The molecule has 8 nitrogen and oxygen atoms in total. The summed E-state index contributed by atoms with van der Waals surface area (Å²) in [4.78, 5) is 31.5. The first-order valence-corrected chi connectivity index (χ1v) is 13.0. The second-order valence-corrected chi connectivity index (χ2v) is 11.2. The van der Waals surface area contributed by atoms with Crippen molar-refractivity contribution >= 4 is 50.8 Å². The smallest absolute Gasteiger partial charge is 0.410 e. The van der Waals surface area contributed by atoms with Gasteiger partial charge in [-0.25, -0.2) is 19.7 Å². The summed E-state index contributed by atoms with van der Waals surface area (Å²) in [7, 11) is 0. The van der Waals surface area contributed by atoms with Gasteiger partial charge >= 0.3 is 6.09 Å². The van der Waals surface area contributed by atoms with Gasteiger partial charge in [0.1, 0.15) is 11.1 Å². The molecule has 1 amide bonds. The highest BCUT2D eigenvalue weighted by atomic mass is 79.9. The number of piperazine rings is 1. The van der Waals surface area contributed by atoms with Crippen molar-refractivity contribution in [3.05, 3.63) is 4.73 Å². The van der Waals surface area contributed by atoms with Crippen molar-refractivity contribution in [1.29, 1.82) is 0 Å². The van der Waals surface area contributed by atoms with Gasteiger partial charge in [-0.3, -0.25) is 4.90 Å². The van der Waals surface area contributed by atoms with Crippen LogP contribution in [0.15, 0.2) is 9.89 Å². The monoisotopic (exact) mass is 508 g/mol. The molecule has 1 aliphatic carbocycles. The normalized spacial score (nSPS) is 24.0. The van der Waals surface area contributed by atoms with Gasteiger partial charge in [0.2, 0.25) is 0 Å². The summed E-state index contributed by atoms with van der Waals surface area (Å²) in [6.07, 6.45) is 7.35. The average Bonchev–Trinajstić information content (AvgIpc) is 3.11. The van der Waals surface area contributed by atoms with Crippen LogP contribution in [0, 0.1) is 0 Å². The molecular formula is C21H29BrN6O2S. The second-order valence-electron chi connectivity index (χ2n) is 9.72. The number of fused-ring (bicyclic) bond motifs is 3. The standard InChI is InChI=1S/C21H29BrN6O2S/c1-21(2,3)30-20(29)27-13-8-9-14(27)11-26(10-13)17-15-16(24-19(25-17)31-4)23-18(22)28(15)12-6-5-7-12/h12-14H,5-11H2,1-4H3. The highest BCUT2D eigenvalue weighted by Gasteiger charge is 2.45. The number of carbonyl (C=O) groups excluding carboxylic acids is 1. The van der Waals surface area contributed by atoms with E-state index in [0.29, 0.717) is 6.04 Å². The summed E-state index contributed by atoms with van der Waals surface area (Å²) in [6.45, 7) is 7.27. The van der Waals surface area contributed by atoms with Crippen molar-refractivity contribution in [1.82, 2.24) is 24.4 Å². The van der Waals surface area contributed by atoms with Gasteiger partial charge < -0.3 is 14.2 Å². The summed E-state index contributed by atoms with van der Waals surface area (Å²) in [5.41, 5.74) is 1.27. The Bertz CT molecular complexity index is 1000. The molecule has 0 aromatic carbocycles. The van der Waals surface area contributed by atoms with E-state index in [0.717, 1.165) is 65.6 Å². The third kappa shape index (κ3) is 3.79. The van der Waals surface area contributed by atoms with Gasteiger partial charge in [-0.2, -0.15) is 0 Å². The molecule has 2 saturated heterocycles. The quantitative estimate of drug-likeness (QED) is 0.340. The minimum absolute atomic E-state index is 0.139. The van der Waals surface area contributed by atoms with Gasteiger partial charge in [-0.05, 0) is 75.1 Å². The molecule has 168 valence electrons. The van der Waals surface area contributed by atoms with Gasteiger partial charge in [0.15, 0.2) is 21.4 Å². The summed E-state index contributed by atoms with van der Waals surface area (Å²) < 4.78 is 8.81. The molecule has 3 aliphatic rings. The Hall–Kier alpha value is -1.55. The maximum atomic E-state index is 12.9. The molecule has 2 aliphatic heterocycles. The van der Waals surface area contributed by atoms with Gasteiger partial charge in [0, 0.05) is 19.1 Å². The van der Waals surface area contributed by atoms with Crippen LogP contribution in [0.1, 0.15) is 58.9 Å². The maximum absolute atomic E-state index is 12.9. The van der Waals surface area contributed by atoms with E-state index in [1.807, 2.05) is 31.9 Å². The lowest BCUT2D eigenvalue weighted by atomic mass is 9.93. The topological polar surface area (TPSA) is 76.4 Å².